The number of aromatic nitrogens is 4. The van der Waals surface area contributed by atoms with Gasteiger partial charge in [0.1, 0.15) is 22.0 Å². The number of ether oxygens (including phenoxy) is 1. The molecule has 0 spiro atoms. The molecule has 1 aromatic carbocycles. The van der Waals surface area contributed by atoms with Crippen LogP contribution in [0.5, 0.6) is 5.75 Å². The quantitative estimate of drug-likeness (QED) is 0.406. The second-order valence-corrected chi connectivity index (χ2v) is 9.38. The fraction of sp³-hybridized carbons (Fsp3) is 0.458. The molecule has 1 aliphatic rings. The number of amides is 1. The Balaban J connectivity index is 1.62. The molecule has 0 radical (unpaired) electrons. The molecule has 0 atom stereocenters. The molecule has 9 nitrogen and oxygen atoms in total. The molecule has 4 rings (SSSR count). The maximum atomic E-state index is 13.0. The van der Waals surface area contributed by atoms with Gasteiger partial charge in [-0.3, -0.25) is 18.7 Å². The number of fused-ring (bicyclic) bond motifs is 1. The van der Waals surface area contributed by atoms with Crippen molar-refractivity contribution >= 4 is 34.4 Å². The molecule has 1 saturated carbocycles. The van der Waals surface area contributed by atoms with Gasteiger partial charge >= 0.3 is 5.69 Å². The van der Waals surface area contributed by atoms with Crippen LogP contribution in [0, 0.1) is 0 Å². The predicted octanol–water partition coefficient (Wildman–Crippen LogP) is 3.20. The first-order chi connectivity index (χ1) is 16.4. The highest BCUT2D eigenvalue weighted by Gasteiger charge is 2.23. The van der Waals surface area contributed by atoms with Crippen molar-refractivity contribution in [1.82, 2.24) is 19.1 Å². The Morgan fingerprint density at radius 1 is 1.09 bits per heavy atom. The lowest BCUT2D eigenvalue weighted by Gasteiger charge is -2.21. The van der Waals surface area contributed by atoms with Crippen LogP contribution in [0.15, 0.2) is 38.9 Å². The number of rotatable bonds is 7. The van der Waals surface area contributed by atoms with Gasteiger partial charge in [0, 0.05) is 25.7 Å². The zero-order valence-electron chi connectivity index (χ0n) is 19.7. The third-order valence-electron chi connectivity index (χ3n) is 6.04. The zero-order chi connectivity index (χ0) is 24.2. The van der Waals surface area contributed by atoms with Crippen molar-refractivity contribution in [3.63, 3.8) is 0 Å². The molecular weight excluding hydrogens is 454 g/mol. The number of aryl methyl sites for hydroxylation is 1. The lowest BCUT2D eigenvalue weighted by Crippen LogP contribution is -2.38. The second kappa shape index (κ2) is 10.4. The minimum atomic E-state index is -0.456. The van der Waals surface area contributed by atoms with Crippen LogP contribution in [-0.2, 0) is 18.9 Å². The molecule has 2 aromatic heterocycles. The summed E-state index contributed by atoms with van der Waals surface area (Å²) in [4.78, 5) is 47.5. The summed E-state index contributed by atoms with van der Waals surface area (Å²) in [5, 5.41) is 3.56. The Kier molecular flexibility index (Phi) is 7.35. The van der Waals surface area contributed by atoms with Gasteiger partial charge in [0.2, 0.25) is 5.91 Å². The maximum Gasteiger partial charge on any atom is 0.332 e. The molecule has 0 bridgehead atoms. The van der Waals surface area contributed by atoms with Gasteiger partial charge in [0.05, 0.1) is 12.4 Å². The largest absolute Gasteiger partial charge is 0.494 e. The lowest BCUT2D eigenvalue weighted by molar-refractivity contribution is -0.113. The maximum absolute atomic E-state index is 13.0. The summed E-state index contributed by atoms with van der Waals surface area (Å²) < 4.78 is 7.86. The van der Waals surface area contributed by atoms with E-state index in [0.717, 1.165) is 36.0 Å². The van der Waals surface area contributed by atoms with Crippen molar-refractivity contribution in [2.45, 2.75) is 50.0 Å². The number of benzene rings is 1. The summed E-state index contributed by atoms with van der Waals surface area (Å²) in [5.41, 5.74) is 0.0820. The third kappa shape index (κ3) is 5.01. The van der Waals surface area contributed by atoms with E-state index in [1.807, 2.05) is 6.92 Å². The Bertz CT molecular complexity index is 1310. The summed E-state index contributed by atoms with van der Waals surface area (Å²) in [5.74, 6) is 1.41. The Morgan fingerprint density at radius 3 is 2.47 bits per heavy atom. The summed E-state index contributed by atoms with van der Waals surface area (Å²) in [6.45, 7) is 2.48. The highest BCUT2D eigenvalue weighted by atomic mass is 32.2. The first-order valence-electron chi connectivity index (χ1n) is 11.5. The van der Waals surface area contributed by atoms with E-state index in [1.54, 1.807) is 31.3 Å². The van der Waals surface area contributed by atoms with Crippen molar-refractivity contribution in [3.8, 4) is 5.75 Å². The molecule has 1 amide bonds. The number of anilines is 1. The van der Waals surface area contributed by atoms with Crippen molar-refractivity contribution in [2.75, 3.05) is 17.7 Å². The first-order valence-corrected chi connectivity index (χ1v) is 12.5. The van der Waals surface area contributed by atoms with Gasteiger partial charge in [-0.25, -0.2) is 14.8 Å². The fourth-order valence-electron chi connectivity index (χ4n) is 4.22. The highest BCUT2D eigenvalue weighted by Crippen LogP contribution is 2.33. The number of nitrogens with zero attached hydrogens (tertiary/aromatic N) is 4. The van der Waals surface area contributed by atoms with Crippen LogP contribution in [-0.4, -0.2) is 37.4 Å². The van der Waals surface area contributed by atoms with Gasteiger partial charge in [-0.2, -0.15) is 0 Å². The van der Waals surface area contributed by atoms with Crippen LogP contribution in [0.3, 0.4) is 0 Å². The normalized spacial score (nSPS) is 14.3. The predicted molar refractivity (Wildman–Crippen MR) is 133 cm³/mol. The Hall–Kier alpha value is -3.14. The summed E-state index contributed by atoms with van der Waals surface area (Å²) in [6, 6.07) is 7.15. The van der Waals surface area contributed by atoms with Crippen LogP contribution >= 0.6 is 11.8 Å². The summed E-state index contributed by atoms with van der Waals surface area (Å²) >= 11 is 1.19. The molecule has 0 aliphatic heterocycles. The van der Waals surface area contributed by atoms with Gasteiger partial charge in [-0.05, 0) is 44.0 Å². The number of hydrogen-bond acceptors (Lipinski definition) is 7. The molecule has 1 fully saturated rings. The Morgan fingerprint density at radius 2 is 1.79 bits per heavy atom. The van der Waals surface area contributed by atoms with Gasteiger partial charge < -0.3 is 10.1 Å². The average Bonchev–Trinajstić information content (AvgIpc) is 2.86. The van der Waals surface area contributed by atoms with Crippen molar-refractivity contribution in [1.29, 1.82) is 0 Å². The van der Waals surface area contributed by atoms with Gasteiger partial charge in [-0.15, -0.1) is 0 Å². The van der Waals surface area contributed by atoms with E-state index in [1.165, 1.54) is 29.8 Å². The first kappa shape index (κ1) is 24.0. The zero-order valence-corrected chi connectivity index (χ0v) is 20.5. The smallest absolute Gasteiger partial charge is 0.332 e. The minimum absolute atomic E-state index is 0.0649. The van der Waals surface area contributed by atoms with E-state index in [0.29, 0.717) is 28.8 Å². The molecule has 34 heavy (non-hydrogen) atoms. The van der Waals surface area contributed by atoms with Gasteiger partial charge in [0.15, 0.2) is 5.65 Å². The van der Waals surface area contributed by atoms with Crippen molar-refractivity contribution in [3.05, 3.63) is 50.9 Å². The van der Waals surface area contributed by atoms with Crippen LogP contribution in [0.2, 0.25) is 0 Å². The number of carbonyl (C=O) groups is 1. The lowest BCUT2D eigenvalue weighted by atomic mass is 9.89. The second-order valence-electron chi connectivity index (χ2n) is 8.42. The summed E-state index contributed by atoms with van der Waals surface area (Å²) in [7, 11) is 3.04. The third-order valence-corrected chi connectivity index (χ3v) is 7.02. The van der Waals surface area contributed by atoms with Crippen LogP contribution in [0.1, 0.15) is 50.8 Å². The van der Waals surface area contributed by atoms with E-state index in [9.17, 15) is 14.4 Å². The highest BCUT2D eigenvalue weighted by molar-refractivity contribution is 8.00. The van der Waals surface area contributed by atoms with Gasteiger partial charge in [0.25, 0.3) is 5.56 Å². The molecule has 1 N–H and O–H groups in total. The van der Waals surface area contributed by atoms with Crippen LogP contribution in [0.4, 0.5) is 5.69 Å². The van der Waals surface area contributed by atoms with Crippen molar-refractivity contribution < 1.29 is 9.53 Å². The van der Waals surface area contributed by atoms with Crippen LogP contribution in [0.25, 0.3) is 11.0 Å². The van der Waals surface area contributed by atoms with E-state index < -0.39 is 11.2 Å². The molecule has 0 unspecified atom stereocenters. The van der Waals surface area contributed by atoms with Crippen molar-refractivity contribution in [2.24, 2.45) is 14.1 Å². The fourth-order valence-corrected chi connectivity index (χ4v) is 5.05. The molecule has 1 aliphatic carbocycles. The Labute approximate surface area is 201 Å². The standard InChI is InChI=1S/C24H29N5O4S/c1-4-33-17-12-10-16(11-13-17)25-18(30)14-34-22-19-21(28(2)24(32)29(3)23(19)31)26-20(27-22)15-8-6-5-7-9-15/h10-13,15H,4-9,14H2,1-3H3,(H,25,30). The number of nitrogens with one attached hydrogen (secondary N) is 1. The number of carbonyl (C=O) groups excluding carboxylic acids is 1. The molecule has 0 saturated heterocycles. The minimum Gasteiger partial charge on any atom is -0.494 e. The number of thioether (sulfide) groups is 1. The van der Waals surface area contributed by atoms with E-state index in [2.05, 4.69) is 10.3 Å². The molecule has 180 valence electrons. The molecule has 2 heterocycles. The molecular formula is C24H29N5O4S. The van der Waals surface area contributed by atoms with E-state index in [-0.39, 0.29) is 23.0 Å². The van der Waals surface area contributed by atoms with E-state index >= 15 is 0 Å². The average molecular weight is 484 g/mol. The molecule has 10 heteroatoms. The SMILES string of the molecule is CCOc1ccc(NC(=O)CSc2nc(C3CCCCC3)nc3c2c(=O)n(C)c(=O)n3C)cc1. The summed E-state index contributed by atoms with van der Waals surface area (Å²) in [6.07, 6.45) is 5.36. The monoisotopic (exact) mass is 483 g/mol. The van der Waals surface area contributed by atoms with E-state index in [4.69, 9.17) is 9.72 Å². The van der Waals surface area contributed by atoms with Gasteiger partial charge in [-0.1, -0.05) is 31.0 Å². The number of hydrogen-bond donors (Lipinski definition) is 1. The topological polar surface area (TPSA) is 108 Å². The van der Waals surface area contributed by atoms with Crippen LogP contribution < -0.4 is 21.3 Å². The molecule has 3 aromatic rings.